The molecule has 1 amide bonds. The summed E-state index contributed by atoms with van der Waals surface area (Å²) < 4.78 is 0. The predicted octanol–water partition coefficient (Wildman–Crippen LogP) is 8.49. The number of benzene rings is 2. The number of thiocarbonyl (C=S) groups is 1. The Morgan fingerprint density at radius 3 is 2.58 bits per heavy atom. The van der Waals surface area contributed by atoms with E-state index < -0.39 is 0 Å². The first-order valence-corrected chi connectivity index (χ1v) is 15.1. The molecule has 0 radical (unpaired) electrons. The smallest absolute Gasteiger partial charge is 0.230 e. The minimum atomic E-state index is 0.0992. The van der Waals surface area contributed by atoms with E-state index in [4.69, 9.17) is 12.2 Å². The Hall–Kier alpha value is -2.33. The van der Waals surface area contributed by atoms with Crippen molar-refractivity contribution < 1.29 is 4.79 Å². The average molecular weight is 534 g/mol. The number of aryl methyl sites for hydroxylation is 2. The quantitative estimate of drug-likeness (QED) is 0.165. The van der Waals surface area contributed by atoms with Gasteiger partial charge in [0, 0.05) is 18.2 Å². The van der Waals surface area contributed by atoms with E-state index in [1.165, 1.54) is 36.0 Å². The molecule has 3 rings (SSSR count). The predicted molar refractivity (Wildman–Crippen MR) is 165 cm³/mol. The fraction of sp³-hybridized carbons (Fsp3) is 0.576. The van der Waals surface area contributed by atoms with Crippen LogP contribution in [0.3, 0.4) is 0 Å². The lowest BCUT2D eigenvalue weighted by atomic mass is 9.80. The molecule has 0 bridgehead atoms. The van der Waals surface area contributed by atoms with Gasteiger partial charge in [-0.15, -0.1) is 0 Å². The van der Waals surface area contributed by atoms with E-state index in [0.717, 1.165) is 63.2 Å². The van der Waals surface area contributed by atoms with Crippen molar-refractivity contribution in [1.82, 2.24) is 4.90 Å². The summed E-state index contributed by atoms with van der Waals surface area (Å²) in [4.78, 5) is 22.5. The number of para-hydroxylation sites is 1. The Kier molecular flexibility index (Phi) is 12.2. The van der Waals surface area contributed by atoms with E-state index in [1.54, 1.807) is 0 Å². The standard InChI is InChI=1S/C33H47N3OS/c1-6-28(7-2)33(37)36(32-15-9-8-13-27(32)5)21-11-10-19-35-20-12-14-29(26(4)18-22-35)30-17-16-25(3)23-31(30)34-24-38/h8-9,13,15-17,23,26,28-29H,6-7,10-12,14,18-22H2,1-5H3. The van der Waals surface area contributed by atoms with E-state index in [2.05, 4.69) is 91.0 Å². The third kappa shape index (κ3) is 8.09. The highest BCUT2D eigenvalue weighted by atomic mass is 32.1. The summed E-state index contributed by atoms with van der Waals surface area (Å²) in [6, 6.07) is 14.9. The third-order valence-electron chi connectivity index (χ3n) is 8.44. The molecule has 1 saturated heterocycles. The number of rotatable bonds is 11. The molecule has 2 aromatic rings. The number of hydrogen-bond acceptors (Lipinski definition) is 4. The summed E-state index contributed by atoms with van der Waals surface area (Å²) in [6.45, 7) is 15.0. The molecule has 5 heteroatoms. The number of likely N-dealkylation sites (tertiary alicyclic amines) is 1. The van der Waals surface area contributed by atoms with Gasteiger partial charge >= 0.3 is 0 Å². The van der Waals surface area contributed by atoms with Crippen LogP contribution < -0.4 is 4.90 Å². The maximum Gasteiger partial charge on any atom is 0.230 e. The number of carbonyl (C=O) groups excluding carboxylic acids is 1. The van der Waals surface area contributed by atoms with Gasteiger partial charge in [-0.05, 0) is 131 Å². The molecule has 38 heavy (non-hydrogen) atoms. The molecule has 206 valence electrons. The summed E-state index contributed by atoms with van der Waals surface area (Å²) in [7, 11) is 0. The summed E-state index contributed by atoms with van der Waals surface area (Å²) >= 11 is 4.93. The molecule has 0 aliphatic carbocycles. The Balaban J connectivity index is 1.57. The van der Waals surface area contributed by atoms with Crippen LogP contribution in [0.25, 0.3) is 0 Å². The van der Waals surface area contributed by atoms with Gasteiger partial charge < -0.3 is 9.80 Å². The summed E-state index contributed by atoms with van der Waals surface area (Å²) in [5.41, 5.74) is 5.78. The molecule has 2 aromatic carbocycles. The van der Waals surface area contributed by atoms with E-state index in [1.807, 2.05) is 6.07 Å². The second kappa shape index (κ2) is 15.3. The van der Waals surface area contributed by atoms with Gasteiger partial charge in [-0.1, -0.05) is 51.1 Å². The summed E-state index contributed by atoms with van der Waals surface area (Å²) in [6.07, 6.45) is 7.47. The molecule has 0 spiro atoms. The number of isothiocyanates is 1. The third-order valence-corrected chi connectivity index (χ3v) is 8.53. The fourth-order valence-corrected chi connectivity index (χ4v) is 6.10. The molecular formula is C33H47N3OS. The van der Waals surface area contributed by atoms with Gasteiger partial charge in [-0.2, -0.15) is 4.99 Å². The topological polar surface area (TPSA) is 35.9 Å². The molecule has 1 aliphatic rings. The second-order valence-corrected chi connectivity index (χ2v) is 11.3. The zero-order valence-corrected chi connectivity index (χ0v) is 25.0. The number of nitrogens with zero attached hydrogens (tertiary/aromatic N) is 3. The van der Waals surface area contributed by atoms with Gasteiger partial charge in [0.2, 0.25) is 5.91 Å². The Morgan fingerprint density at radius 2 is 1.87 bits per heavy atom. The van der Waals surface area contributed by atoms with Crippen molar-refractivity contribution in [3.05, 3.63) is 59.2 Å². The minimum Gasteiger partial charge on any atom is -0.312 e. The van der Waals surface area contributed by atoms with Crippen molar-refractivity contribution >= 4 is 34.7 Å². The van der Waals surface area contributed by atoms with Crippen molar-refractivity contribution in [2.24, 2.45) is 16.8 Å². The normalized spacial score (nSPS) is 18.5. The molecule has 1 aliphatic heterocycles. The lowest BCUT2D eigenvalue weighted by Crippen LogP contribution is -2.37. The number of hydrogen-bond donors (Lipinski definition) is 0. The highest BCUT2D eigenvalue weighted by Crippen LogP contribution is 2.38. The molecular weight excluding hydrogens is 486 g/mol. The lowest BCUT2D eigenvalue weighted by Gasteiger charge is -2.33. The van der Waals surface area contributed by atoms with Gasteiger partial charge in [0.15, 0.2) is 0 Å². The SMILES string of the molecule is CCC(CC)C(=O)N(CCCCN1CCCC(c2ccc(C)cc2N=C=S)C(C)CC1)c1ccccc1C. The second-order valence-electron chi connectivity index (χ2n) is 11.1. The molecule has 2 atom stereocenters. The van der Waals surface area contributed by atoms with Crippen LogP contribution in [0.5, 0.6) is 0 Å². The number of amides is 1. The van der Waals surface area contributed by atoms with Crippen LogP contribution in [0.1, 0.15) is 88.3 Å². The molecule has 0 aromatic heterocycles. The minimum absolute atomic E-state index is 0.0992. The van der Waals surface area contributed by atoms with E-state index >= 15 is 0 Å². The molecule has 1 fully saturated rings. The van der Waals surface area contributed by atoms with Gasteiger partial charge in [-0.25, -0.2) is 0 Å². The van der Waals surface area contributed by atoms with Crippen LogP contribution >= 0.6 is 12.2 Å². The monoisotopic (exact) mass is 533 g/mol. The number of aliphatic imine (C=N–C) groups is 1. The zero-order valence-electron chi connectivity index (χ0n) is 24.2. The first-order chi connectivity index (χ1) is 18.4. The van der Waals surface area contributed by atoms with Gasteiger partial charge in [0.1, 0.15) is 0 Å². The van der Waals surface area contributed by atoms with Crippen molar-refractivity contribution in [3.8, 4) is 0 Å². The average Bonchev–Trinajstić information content (AvgIpc) is 2.90. The highest BCUT2D eigenvalue weighted by molar-refractivity contribution is 7.78. The van der Waals surface area contributed by atoms with Gasteiger partial charge in [-0.3, -0.25) is 4.79 Å². The van der Waals surface area contributed by atoms with Crippen LogP contribution in [0.4, 0.5) is 11.4 Å². The highest BCUT2D eigenvalue weighted by Gasteiger charge is 2.26. The Morgan fingerprint density at radius 1 is 1.11 bits per heavy atom. The van der Waals surface area contributed by atoms with Crippen molar-refractivity contribution in [1.29, 1.82) is 0 Å². The van der Waals surface area contributed by atoms with E-state index in [0.29, 0.717) is 11.8 Å². The molecule has 2 unspecified atom stereocenters. The van der Waals surface area contributed by atoms with Crippen LogP contribution in [0.15, 0.2) is 47.5 Å². The summed E-state index contributed by atoms with van der Waals surface area (Å²) in [5, 5.41) is 2.59. The largest absolute Gasteiger partial charge is 0.312 e. The Bertz CT molecular complexity index is 1090. The lowest BCUT2D eigenvalue weighted by molar-refractivity contribution is -0.122. The fourth-order valence-electron chi connectivity index (χ4n) is 6.00. The van der Waals surface area contributed by atoms with Crippen LogP contribution in [0.2, 0.25) is 0 Å². The van der Waals surface area contributed by atoms with Gasteiger partial charge in [0.05, 0.1) is 10.8 Å². The molecule has 0 N–H and O–H groups in total. The summed E-state index contributed by atoms with van der Waals surface area (Å²) in [5.74, 6) is 1.48. The van der Waals surface area contributed by atoms with Gasteiger partial charge in [0.25, 0.3) is 0 Å². The van der Waals surface area contributed by atoms with Crippen molar-refractivity contribution in [2.75, 3.05) is 31.1 Å². The maximum atomic E-state index is 13.4. The van der Waals surface area contributed by atoms with E-state index in [-0.39, 0.29) is 11.8 Å². The first-order valence-electron chi connectivity index (χ1n) is 14.7. The molecule has 0 saturated carbocycles. The van der Waals surface area contributed by atoms with Crippen LogP contribution in [-0.4, -0.2) is 42.1 Å². The van der Waals surface area contributed by atoms with E-state index in [9.17, 15) is 4.79 Å². The zero-order chi connectivity index (χ0) is 27.5. The number of anilines is 1. The number of unbranched alkanes of at least 4 members (excludes halogenated alkanes) is 1. The van der Waals surface area contributed by atoms with Crippen molar-refractivity contribution in [3.63, 3.8) is 0 Å². The Labute approximate surface area is 236 Å². The number of carbonyl (C=O) groups is 1. The molecule has 1 heterocycles. The van der Waals surface area contributed by atoms with Crippen LogP contribution in [-0.2, 0) is 4.79 Å². The maximum absolute atomic E-state index is 13.4. The van der Waals surface area contributed by atoms with Crippen LogP contribution in [0, 0.1) is 25.7 Å². The van der Waals surface area contributed by atoms with Crippen molar-refractivity contribution in [2.45, 2.75) is 85.5 Å². The molecule has 4 nitrogen and oxygen atoms in total. The first kappa shape index (κ1) is 30.2.